The lowest BCUT2D eigenvalue weighted by Crippen LogP contribution is -2.45. The minimum absolute atomic E-state index is 0.478. The first-order valence-corrected chi connectivity index (χ1v) is 11.2. The molecule has 1 fully saturated rings. The van der Waals surface area contributed by atoms with Gasteiger partial charge < -0.3 is 20.4 Å². The maximum absolute atomic E-state index is 6.73. The fraction of sp³-hybridized carbons (Fsp3) is 0.478. The normalized spacial score (nSPS) is 21.6. The average Bonchev–Trinajstić information content (AvgIpc) is 3.37. The van der Waals surface area contributed by atoms with Crippen molar-refractivity contribution in [2.75, 3.05) is 20.8 Å². The van der Waals surface area contributed by atoms with E-state index in [1.807, 2.05) is 49.1 Å². The molecule has 4 aromatic rings. The highest BCUT2D eigenvalue weighted by molar-refractivity contribution is 5.82. The van der Waals surface area contributed by atoms with E-state index in [1.54, 1.807) is 7.11 Å². The number of nitrogens with zero attached hydrogens (tertiary/aromatic N) is 6. The molecule has 4 heterocycles. The lowest BCUT2D eigenvalue weighted by molar-refractivity contribution is 0.187. The number of fused-ring (bicyclic) bond motifs is 2. The monoisotopic (exact) mass is 434 g/mol. The molecule has 1 aliphatic carbocycles. The smallest absolute Gasteiger partial charge is 0.169 e. The van der Waals surface area contributed by atoms with E-state index in [4.69, 9.17) is 25.5 Å². The molecule has 9 heteroatoms. The second kappa shape index (κ2) is 8.23. The lowest BCUT2D eigenvalue weighted by Gasteiger charge is -2.35. The van der Waals surface area contributed by atoms with Gasteiger partial charge in [0.05, 0.1) is 29.6 Å². The van der Waals surface area contributed by atoms with Crippen LogP contribution in [0.4, 0.5) is 0 Å². The third-order valence-corrected chi connectivity index (χ3v) is 6.73. The Morgan fingerprint density at radius 1 is 1.22 bits per heavy atom. The number of nitrogens with two attached hydrogens (primary N) is 1. The zero-order valence-electron chi connectivity index (χ0n) is 18.9. The first kappa shape index (κ1) is 21.0. The van der Waals surface area contributed by atoms with E-state index in [0.717, 1.165) is 59.4 Å². The van der Waals surface area contributed by atoms with Crippen molar-refractivity contribution in [1.29, 1.82) is 0 Å². The Bertz CT molecular complexity index is 1250. The highest BCUT2D eigenvalue weighted by Gasteiger charge is 2.35. The molecule has 32 heavy (non-hydrogen) atoms. The summed E-state index contributed by atoms with van der Waals surface area (Å²) in [6.45, 7) is 3.32. The van der Waals surface area contributed by atoms with Gasteiger partial charge in [-0.2, -0.15) is 5.10 Å². The standard InChI is InChI=1S/C23H30N8O/c1-15-27-19-5-4-18(28-21(19)30(15)12-13-32-3)17-8-11-31-20(17)14-26-22(29-31)23(24)9-6-16(25-2)7-10-23/h4-5,8,11,14,16,25H,6-7,9-10,12-13,24H2,1-3H3. The summed E-state index contributed by atoms with van der Waals surface area (Å²) in [6.07, 6.45) is 7.65. The van der Waals surface area contributed by atoms with Crippen LogP contribution in [0.15, 0.2) is 30.6 Å². The van der Waals surface area contributed by atoms with Crippen LogP contribution in [0.25, 0.3) is 27.9 Å². The predicted octanol–water partition coefficient (Wildman–Crippen LogP) is 2.41. The minimum Gasteiger partial charge on any atom is -0.383 e. The average molecular weight is 435 g/mol. The Balaban J connectivity index is 1.50. The van der Waals surface area contributed by atoms with E-state index in [1.165, 1.54) is 0 Å². The van der Waals surface area contributed by atoms with E-state index in [2.05, 4.69) is 14.9 Å². The van der Waals surface area contributed by atoms with Crippen molar-refractivity contribution in [3.8, 4) is 11.3 Å². The molecule has 9 nitrogen and oxygen atoms in total. The van der Waals surface area contributed by atoms with Crippen LogP contribution in [0.2, 0.25) is 0 Å². The number of aromatic nitrogens is 6. The number of pyridine rings is 1. The topological polar surface area (TPSA) is 108 Å². The molecule has 0 bridgehead atoms. The van der Waals surface area contributed by atoms with Gasteiger partial charge in [-0.05, 0) is 57.9 Å². The van der Waals surface area contributed by atoms with Crippen molar-refractivity contribution in [3.05, 3.63) is 42.2 Å². The molecule has 0 amide bonds. The summed E-state index contributed by atoms with van der Waals surface area (Å²) < 4.78 is 9.21. The van der Waals surface area contributed by atoms with Crippen LogP contribution in [-0.4, -0.2) is 55.9 Å². The molecule has 0 radical (unpaired) electrons. The number of aryl methyl sites for hydroxylation is 1. The van der Waals surface area contributed by atoms with E-state index in [0.29, 0.717) is 25.0 Å². The van der Waals surface area contributed by atoms with Crippen molar-refractivity contribution >= 4 is 16.7 Å². The summed E-state index contributed by atoms with van der Waals surface area (Å²) in [5, 5.41) is 8.14. The quantitative estimate of drug-likeness (QED) is 0.480. The number of hydrogen-bond acceptors (Lipinski definition) is 7. The van der Waals surface area contributed by atoms with Gasteiger partial charge in [0, 0.05) is 31.5 Å². The summed E-state index contributed by atoms with van der Waals surface area (Å²) in [5.41, 5.74) is 10.8. The number of ether oxygens (including phenoxy) is 1. The molecule has 0 unspecified atom stereocenters. The molecular formula is C23H30N8O. The van der Waals surface area contributed by atoms with Crippen LogP contribution < -0.4 is 11.1 Å². The van der Waals surface area contributed by atoms with Gasteiger partial charge in [-0.1, -0.05) is 0 Å². The number of imidazole rings is 1. The number of hydrogen-bond donors (Lipinski definition) is 2. The van der Waals surface area contributed by atoms with E-state index in [9.17, 15) is 0 Å². The SMILES string of the molecule is CNC1CCC(N)(c2ncc3c(-c4ccc5nc(C)n(CCOC)c5n4)ccn3n2)CC1. The maximum Gasteiger partial charge on any atom is 0.169 e. The highest BCUT2D eigenvalue weighted by Crippen LogP contribution is 2.33. The van der Waals surface area contributed by atoms with Crippen LogP contribution in [0, 0.1) is 6.92 Å². The fourth-order valence-corrected chi connectivity index (χ4v) is 4.71. The molecule has 1 saturated carbocycles. The van der Waals surface area contributed by atoms with Crippen LogP contribution in [0.5, 0.6) is 0 Å². The van der Waals surface area contributed by atoms with E-state index < -0.39 is 5.54 Å². The van der Waals surface area contributed by atoms with Crippen LogP contribution in [0.1, 0.15) is 37.3 Å². The summed E-state index contributed by atoms with van der Waals surface area (Å²) in [4.78, 5) is 14.3. The third kappa shape index (κ3) is 3.56. The third-order valence-electron chi connectivity index (χ3n) is 6.73. The number of rotatable bonds is 6. The largest absolute Gasteiger partial charge is 0.383 e. The molecule has 5 rings (SSSR count). The molecular weight excluding hydrogens is 404 g/mol. The zero-order chi connectivity index (χ0) is 22.3. The molecule has 1 aliphatic rings. The molecule has 0 saturated heterocycles. The molecule has 3 N–H and O–H groups in total. The van der Waals surface area contributed by atoms with Crippen LogP contribution in [-0.2, 0) is 16.8 Å². The van der Waals surface area contributed by atoms with E-state index in [-0.39, 0.29) is 0 Å². The first-order valence-electron chi connectivity index (χ1n) is 11.2. The summed E-state index contributed by atoms with van der Waals surface area (Å²) in [7, 11) is 3.71. The van der Waals surface area contributed by atoms with Crippen molar-refractivity contribution in [2.45, 2.75) is 50.7 Å². The van der Waals surface area contributed by atoms with Gasteiger partial charge >= 0.3 is 0 Å². The van der Waals surface area contributed by atoms with Crippen molar-refractivity contribution < 1.29 is 4.74 Å². The predicted molar refractivity (Wildman–Crippen MR) is 123 cm³/mol. The second-order valence-corrected chi connectivity index (χ2v) is 8.70. The van der Waals surface area contributed by atoms with Gasteiger partial charge in [0.2, 0.25) is 0 Å². The molecule has 0 aromatic carbocycles. The maximum atomic E-state index is 6.73. The fourth-order valence-electron chi connectivity index (χ4n) is 4.71. The zero-order valence-corrected chi connectivity index (χ0v) is 18.9. The van der Waals surface area contributed by atoms with Gasteiger partial charge in [0.25, 0.3) is 0 Å². The Morgan fingerprint density at radius 3 is 2.78 bits per heavy atom. The van der Waals surface area contributed by atoms with Crippen LogP contribution >= 0.6 is 0 Å². The summed E-state index contributed by atoms with van der Waals surface area (Å²) >= 11 is 0. The first-order chi connectivity index (χ1) is 15.5. The van der Waals surface area contributed by atoms with Gasteiger partial charge in [-0.25, -0.2) is 19.5 Å². The van der Waals surface area contributed by atoms with Gasteiger partial charge in [-0.15, -0.1) is 0 Å². The second-order valence-electron chi connectivity index (χ2n) is 8.70. The van der Waals surface area contributed by atoms with Crippen molar-refractivity contribution in [2.24, 2.45) is 5.73 Å². The van der Waals surface area contributed by atoms with Crippen molar-refractivity contribution in [3.63, 3.8) is 0 Å². The molecule has 168 valence electrons. The number of nitrogens with one attached hydrogen (secondary N) is 1. The van der Waals surface area contributed by atoms with Crippen molar-refractivity contribution in [1.82, 2.24) is 34.4 Å². The van der Waals surface area contributed by atoms with Gasteiger partial charge in [0.15, 0.2) is 11.5 Å². The Kier molecular flexibility index (Phi) is 5.40. The molecule has 0 atom stereocenters. The minimum atomic E-state index is -0.478. The molecule has 4 aromatic heterocycles. The number of methoxy groups -OCH3 is 1. The summed E-state index contributed by atoms with van der Waals surface area (Å²) in [5.74, 6) is 1.64. The summed E-state index contributed by atoms with van der Waals surface area (Å²) in [6, 6.07) is 6.57. The Labute approximate surface area is 187 Å². The lowest BCUT2D eigenvalue weighted by atomic mass is 9.79. The van der Waals surface area contributed by atoms with Gasteiger partial charge in [0.1, 0.15) is 11.3 Å². The Morgan fingerprint density at radius 2 is 2.03 bits per heavy atom. The van der Waals surface area contributed by atoms with Crippen LogP contribution in [0.3, 0.4) is 0 Å². The highest BCUT2D eigenvalue weighted by atomic mass is 16.5. The molecule has 0 spiro atoms. The van der Waals surface area contributed by atoms with E-state index >= 15 is 0 Å². The van der Waals surface area contributed by atoms with Gasteiger partial charge in [-0.3, -0.25) is 0 Å². The molecule has 0 aliphatic heterocycles. The Hall–Kier alpha value is -2.88.